The molecule has 1 N–H and O–H groups in total. The van der Waals surface area contributed by atoms with E-state index in [1.807, 2.05) is 42.5 Å². The molecule has 0 radical (unpaired) electrons. The number of nitrogens with zero attached hydrogens (tertiary/aromatic N) is 1. The fourth-order valence-corrected chi connectivity index (χ4v) is 3.55. The highest BCUT2D eigenvalue weighted by Crippen LogP contribution is 2.18. The molecule has 144 valence electrons. The van der Waals surface area contributed by atoms with Gasteiger partial charge >= 0.3 is 0 Å². The molecule has 1 saturated heterocycles. The summed E-state index contributed by atoms with van der Waals surface area (Å²) in [4.78, 5) is 14.8. The second-order valence-corrected chi connectivity index (χ2v) is 7.47. The van der Waals surface area contributed by atoms with E-state index >= 15 is 0 Å². The van der Waals surface area contributed by atoms with Crippen LogP contribution in [0.2, 0.25) is 0 Å². The summed E-state index contributed by atoms with van der Waals surface area (Å²) in [5, 5.41) is 2.92. The highest BCUT2D eigenvalue weighted by Gasteiger charge is 2.16. The molecule has 0 aromatic heterocycles. The predicted octanol–water partition coefficient (Wildman–Crippen LogP) is 3.87. The maximum atomic E-state index is 12.2. The molecular weight excluding hydrogens is 336 g/mol. The van der Waals surface area contributed by atoms with Gasteiger partial charge in [-0.3, -0.25) is 9.69 Å². The molecule has 0 saturated carbocycles. The molecule has 4 heteroatoms. The molecule has 4 nitrogen and oxygen atoms in total. The van der Waals surface area contributed by atoms with Crippen molar-refractivity contribution in [3.05, 3.63) is 71.3 Å². The van der Waals surface area contributed by atoms with Crippen LogP contribution in [0.3, 0.4) is 0 Å². The van der Waals surface area contributed by atoms with E-state index < -0.39 is 0 Å². The molecule has 0 unspecified atom stereocenters. The third kappa shape index (κ3) is 6.49. The molecular formula is C23H30N2O2. The normalized spacial score (nSPS) is 17.6. The lowest BCUT2D eigenvalue weighted by Crippen LogP contribution is -2.33. The number of amides is 1. The number of hydrogen-bond donors (Lipinski definition) is 1. The quantitative estimate of drug-likeness (QED) is 0.721. The third-order valence-electron chi connectivity index (χ3n) is 5.01. The Kier molecular flexibility index (Phi) is 7.43. The molecule has 0 spiro atoms. The van der Waals surface area contributed by atoms with Gasteiger partial charge < -0.3 is 10.1 Å². The zero-order chi connectivity index (χ0) is 18.9. The lowest BCUT2D eigenvalue weighted by molar-refractivity contribution is 0.0901. The van der Waals surface area contributed by atoms with Crippen molar-refractivity contribution in [2.45, 2.75) is 32.9 Å². The average Bonchev–Trinajstić information content (AvgIpc) is 2.69. The molecule has 0 aliphatic carbocycles. The highest BCUT2D eigenvalue weighted by atomic mass is 16.5. The monoisotopic (exact) mass is 366 g/mol. The summed E-state index contributed by atoms with van der Waals surface area (Å²) in [5.74, 6) is 0.740. The minimum absolute atomic E-state index is 0.0449. The summed E-state index contributed by atoms with van der Waals surface area (Å²) in [5.41, 5.74) is 3.11. The molecule has 2 aromatic carbocycles. The summed E-state index contributed by atoms with van der Waals surface area (Å²) in [6.45, 7) is 7.23. The van der Waals surface area contributed by atoms with Crippen molar-refractivity contribution in [2.24, 2.45) is 5.92 Å². The number of ether oxygens (including phenoxy) is 1. The lowest BCUT2D eigenvalue weighted by Gasteiger charge is -2.30. The molecule has 1 amide bonds. The zero-order valence-corrected chi connectivity index (χ0v) is 16.2. The number of carbonyl (C=O) groups is 1. The van der Waals surface area contributed by atoms with E-state index in [1.54, 1.807) is 0 Å². The Hall–Kier alpha value is -2.17. The molecule has 1 aliphatic rings. The number of likely N-dealkylation sites (tertiary alicyclic amines) is 1. The summed E-state index contributed by atoms with van der Waals surface area (Å²) in [6.07, 6.45) is 2.62. The largest absolute Gasteiger partial charge is 0.375 e. The van der Waals surface area contributed by atoms with Gasteiger partial charge in [0.1, 0.15) is 0 Å². The summed E-state index contributed by atoms with van der Waals surface area (Å²) in [6, 6.07) is 18.0. The number of piperidine rings is 1. The van der Waals surface area contributed by atoms with Crippen molar-refractivity contribution in [3.63, 3.8) is 0 Å². The van der Waals surface area contributed by atoms with E-state index in [0.717, 1.165) is 18.0 Å². The van der Waals surface area contributed by atoms with Crippen LogP contribution in [0.15, 0.2) is 54.6 Å². The predicted molar refractivity (Wildman–Crippen MR) is 109 cm³/mol. The van der Waals surface area contributed by atoms with Crippen LogP contribution < -0.4 is 5.32 Å². The summed E-state index contributed by atoms with van der Waals surface area (Å²) in [7, 11) is 0. The standard InChI is InChI=1S/C23H30N2O2/c1-19-6-5-14-25(16-19)17-20-9-11-22(12-10-20)23(26)24-13-15-27-18-21-7-3-2-4-8-21/h2-4,7-12,19H,5-6,13-18H2,1H3,(H,24,26)/t19-/m0/s1. The van der Waals surface area contributed by atoms with Crippen LogP contribution in [0.4, 0.5) is 0 Å². The first-order valence-corrected chi connectivity index (χ1v) is 9.92. The van der Waals surface area contributed by atoms with Crippen LogP contribution >= 0.6 is 0 Å². The second-order valence-electron chi connectivity index (χ2n) is 7.47. The van der Waals surface area contributed by atoms with Gasteiger partial charge in [0.15, 0.2) is 0 Å². The van der Waals surface area contributed by atoms with E-state index in [0.29, 0.717) is 25.3 Å². The molecule has 0 bridgehead atoms. The van der Waals surface area contributed by atoms with Crippen molar-refractivity contribution < 1.29 is 9.53 Å². The first kappa shape index (κ1) is 19.6. The van der Waals surface area contributed by atoms with Gasteiger partial charge in [0, 0.05) is 25.2 Å². The smallest absolute Gasteiger partial charge is 0.251 e. The number of benzene rings is 2. The zero-order valence-electron chi connectivity index (χ0n) is 16.2. The number of rotatable bonds is 8. The van der Waals surface area contributed by atoms with E-state index in [1.165, 1.54) is 31.5 Å². The lowest BCUT2D eigenvalue weighted by atomic mass is 9.99. The number of hydrogen-bond acceptors (Lipinski definition) is 3. The Morgan fingerprint density at radius 2 is 1.89 bits per heavy atom. The van der Waals surface area contributed by atoms with E-state index in [2.05, 4.69) is 29.3 Å². The van der Waals surface area contributed by atoms with E-state index in [-0.39, 0.29) is 5.91 Å². The van der Waals surface area contributed by atoms with Crippen molar-refractivity contribution in [3.8, 4) is 0 Å². The van der Waals surface area contributed by atoms with Gasteiger partial charge in [0.25, 0.3) is 5.91 Å². The molecule has 2 aromatic rings. The van der Waals surface area contributed by atoms with Crippen LogP contribution in [-0.4, -0.2) is 37.0 Å². The van der Waals surface area contributed by atoms with Gasteiger partial charge in [-0.05, 0) is 48.6 Å². The van der Waals surface area contributed by atoms with Crippen LogP contribution in [0.5, 0.6) is 0 Å². The molecule has 1 fully saturated rings. The number of nitrogens with one attached hydrogen (secondary N) is 1. The van der Waals surface area contributed by atoms with Crippen LogP contribution in [0.25, 0.3) is 0 Å². The van der Waals surface area contributed by atoms with Gasteiger partial charge in [-0.1, -0.05) is 49.4 Å². The summed E-state index contributed by atoms with van der Waals surface area (Å²) < 4.78 is 5.60. The fourth-order valence-electron chi connectivity index (χ4n) is 3.55. The second kappa shape index (κ2) is 10.2. The van der Waals surface area contributed by atoms with Gasteiger partial charge in [-0.25, -0.2) is 0 Å². The molecule has 1 aliphatic heterocycles. The Labute approximate surface area is 162 Å². The maximum Gasteiger partial charge on any atom is 0.251 e. The molecule has 3 rings (SSSR count). The SMILES string of the molecule is C[C@H]1CCCN(Cc2ccc(C(=O)NCCOCc3ccccc3)cc2)C1. The van der Waals surface area contributed by atoms with E-state index in [4.69, 9.17) is 4.74 Å². The topological polar surface area (TPSA) is 41.6 Å². The molecule has 1 atom stereocenters. The first-order chi connectivity index (χ1) is 13.2. The van der Waals surface area contributed by atoms with Gasteiger partial charge in [0.05, 0.1) is 13.2 Å². The third-order valence-corrected chi connectivity index (χ3v) is 5.01. The minimum Gasteiger partial charge on any atom is -0.375 e. The van der Waals surface area contributed by atoms with Gasteiger partial charge in [-0.2, -0.15) is 0 Å². The van der Waals surface area contributed by atoms with Crippen molar-refractivity contribution in [2.75, 3.05) is 26.2 Å². The van der Waals surface area contributed by atoms with Crippen molar-refractivity contribution in [1.29, 1.82) is 0 Å². The van der Waals surface area contributed by atoms with Crippen molar-refractivity contribution in [1.82, 2.24) is 10.2 Å². The maximum absolute atomic E-state index is 12.2. The minimum atomic E-state index is -0.0449. The first-order valence-electron chi connectivity index (χ1n) is 9.92. The van der Waals surface area contributed by atoms with Gasteiger partial charge in [-0.15, -0.1) is 0 Å². The number of carbonyl (C=O) groups excluding carboxylic acids is 1. The highest BCUT2D eigenvalue weighted by molar-refractivity contribution is 5.94. The fraction of sp³-hybridized carbons (Fsp3) is 0.435. The van der Waals surface area contributed by atoms with Crippen molar-refractivity contribution >= 4 is 5.91 Å². The Morgan fingerprint density at radius 1 is 1.11 bits per heavy atom. The Balaban J connectivity index is 1.37. The van der Waals surface area contributed by atoms with Crippen LogP contribution in [0.1, 0.15) is 41.3 Å². The molecule has 27 heavy (non-hydrogen) atoms. The average molecular weight is 367 g/mol. The van der Waals surface area contributed by atoms with Crippen LogP contribution in [-0.2, 0) is 17.9 Å². The Morgan fingerprint density at radius 3 is 2.63 bits per heavy atom. The van der Waals surface area contributed by atoms with Crippen LogP contribution in [0, 0.1) is 5.92 Å². The Bertz CT molecular complexity index is 700. The van der Waals surface area contributed by atoms with Gasteiger partial charge in [0.2, 0.25) is 0 Å². The summed E-state index contributed by atoms with van der Waals surface area (Å²) >= 11 is 0. The van der Waals surface area contributed by atoms with E-state index in [9.17, 15) is 4.79 Å². The molecule has 1 heterocycles.